The maximum atomic E-state index is 11.7. The van der Waals surface area contributed by atoms with E-state index in [0.717, 1.165) is 44.1 Å². The van der Waals surface area contributed by atoms with E-state index in [1.54, 1.807) is 18.2 Å². The Morgan fingerprint density at radius 2 is 1.63 bits per heavy atom. The molecule has 0 aromatic heterocycles. The van der Waals surface area contributed by atoms with Crippen molar-refractivity contribution >= 4 is 46.5 Å². The lowest BCUT2D eigenvalue weighted by molar-refractivity contribution is -0.134. The van der Waals surface area contributed by atoms with Gasteiger partial charge >= 0.3 is 5.97 Å². The third-order valence-corrected chi connectivity index (χ3v) is 5.31. The number of benzene rings is 2. The number of nitrogens with zero attached hydrogens (tertiary/aromatic N) is 1. The monoisotopic (exact) mass is 454 g/mol. The minimum atomic E-state index is -0.989. The molecular weight excluding hydrogens is 427 g/mol. The van der Waals surface area contributed by atoms with Crippen molar-refractivity contribution in [2.24, 2.45) is 0 Å². The van der Waals surface area contributed by atoms with E-state index in [-0.39, 0.29) is 5.56 Å². The minimum Gasteiger partial charge on any atom is -0.481 e. The Labute approximate surface area is 187 Å². The van der Waals surface area contributed by atoms with E-state index in [1.165, 1.54) is 0 Å². The fourth-order valence-electron chi connectivity index (χ4n) is 2.85. The van der Waals surface area contributed by atoms with Crippen molar-refractivity contribution in [2.45, 2.75) is 34.1 Å². The molecule has 0 aliphatic carbocycles. The Hall–Kier alpha value is -2.28. The van der Waals surface area contributed by atoms with E-state index in [4.69, 9.17) is 33.1 Å². The van der Waals surface area contributed by atoms with Crippen LogP contribution in [0, 0.1) is 6.92 Å². The van der Waals surface area contributed by atoms with Crippen LogP contribution in [0.3, 0.4) is 0 Å². The molecule has 0 spiro atoms. The molecule has 0 heterocycles. The highest BCUT2D eigenvalue weighted by Crippen LogP contribution is 2.37. The average molecular weight is 455 g/mol. The Balaban J connectivity index is 0.00000103. The van der Waals surface area contributed by atoms with Crippen LogP contribution in [0.5, 0.6) is 0 Å². The molecule has 2 rings (SSSR count). The van der Waals surface area contributed by atoms with Gasteiger partial charge in [0.2, 0.25) is 0 Å². The first kappa shape index (κ1) is 25.8. The number of rotatable bonds is 8. The van der Waals surface area contributed by atoms with Gasteiger partial charge in [0, 0.05) is 13.5 Å². The zero-order valence-electron chi connectivity index (χ0n) is 17.6. The molecule has 0 radical (unpaired) electrons. The van der Waals surface area contributed by atoms with Crippen molar-refractivity contribution in [3.8, 4) is 0 Å². The second-order valence-electron chi connectivity index (χ2n) is 6.62. The van der Waals surface area contributed by atoms with Gasteiger partial charge < -0.3 is 20.4 Å². The van der Waals surface area contributed by atoms with Crippen LogP contribution in [0.1, 0.15) is 42.3 Å². The molecule has 0 atom stereocenters. The molecule has 8 heteroatoms. The summed E-state index contributed by atoms with van der Waals surface area (Å²) < 4.78 is 0. The van der Waals surface area contributed by atoms with Gasteiger partial charge in [-0.15, -0.1) is 0 Å². The first-order chi connectivity index (χ1) is 14.1. The second-order valence-corrected chi connectivity index (χ2v) is 7.40. The van der Waals surface area contributed by atoms with Crippen LogP contribution < -0.4 is 5.32 Å². The lowest BCUT2D eigenvalue weighted by Gasteiger charge is -2.21. The maximum Gasteiger partial charge on any atom is 0.337 e. The van der Waals surface area contributed by atoms with Crippen molar-refractivity contribution in [2.75, 3.05) is 25.0 Å². The number of halogens is 2. The number of likely N-dealkylation sites (N-methyl/N-ethyl adjacent to an activating group) is 1. The third kappa shape index (κ3) is 7.52. The largest absolute Gasteiger partial charge is 0.481 e. The first-order valence-corrected chi connectivity index (χ1v) is 10.4. The highest BCUT2D eigenvalue weighted by molar-refractivity contribution is 6.39. The maximum absolute atomic E-state index is 11.7. The third-order valence-electron chi connectivity index (χ3n) is 4.51. The van der Waals surface area contributed by atoms with Gasteiger partial charge in [-0.1, -0.05) is 55.2 Å². The quantitative estimate of drug-likeness (QED) is 0.472. The van der Waals surface area contributed by atoms with Gasteiger partial charge in [-0.3, -0.25) is 4.79 Å². The molecule has 164 valence electrons. The summed E-state index contributed by atoms with van der Waals surface area (Å²) in [5, 5.41) is 21.2. The lowest BCUT2D eigenvalue weighted by atomic mass is 10.0. The van der Waals surface area contributed by atoms with E-state index in [9.17, 15) is 9.90 Å². The van der Waals surface area contributed by atoms with E-state index >= 15 is 0 Å². The van der Waals surface area contributed by atoms with Crippen LogP contribution in [0.25, 0.3) is 0 Å². The summed E-state index contributed by atoms with van der Waals surface area (Å²) in [5.41, 5.74) is 3.07. The standard InChI is InChI=1S/C20H24Cl2N2O2.C2H4O2/c1-4-24(5-2)12-11-14-7-6-8-15(20(25)26)18(14)23-19-16(21)10-9-13(3)17(19)22;1-2(3)4/h6-10,23H,4-5,11-12H2,1-3H3,(H,25,26);1H3,(H,3,4). The van der Waals surface area contributed by atoms with E-state index in [2.05, 4.69) is 24.1 Å². The zero-order valence-corrected chi connectivity index (χ0v) is 19.1. The van der Waals surface area contributed by atoms with Gasteiger partial charge in [0.05, 0.1) is 27.0 Å². The van der Waals surface area contributed by atoms with Gasteiger partial charge in [0.15, 0.2) is 0 Å². The molecule has 2 aromatic carbocycles. The van der Waals surface area contributed by atoms with E-state index < -0.39 is 11.9 Å². The smallest absolute Gasteiger partial charge is 0.337 e. The van der Waals surface area contributed by atoms with Crippen LogP contribution in [-0.4, -0.2) is 46.7 Å². The van der Waals surface area contributed by atoms with Gasteiger partial charge in [0.25, 0.3) is 5.97 Å². The predicted molar refractivity (Wildman–Crippen MR) is 123 cm³/mol. The van der Waals surface area contributed by atoms with Crippen LogP contribution in [0.15, 0.2) is 30.3 Å². The first-order valence-electron chi connectivity index (χ1n) is 9.60. The normalized spacial score (nSPS) is 10.4. The average Bonchev–Trinajstić information content (AvgIpc) is 2.69. The zero-order chi connectivity index (χ0) is 22.8. The Kier molecular flexibility index (Phi) is 10.7. The molecule has 0 fully saturated rings. The summed E-state index contributed by atoms with van der Waals surface area (Å²) in [7, 11) is 0. The number of hydrogen-bond donors (Lipinski definition) is 3. The summed E-state index contributed by atoms with van der Waals surface area (Å²) >= 11 is 12.7. The van der Waals surface area contributed by atoms with Crippen molar-refractivity contribution < 1.29 is 19.8 Å². The van der Waals surface area contributed by atoms with Gasteiger partial charge in [-0.05, 0) is 49.7 Å². The van der Waals surface area contributed by atoms with Gasteiger partial charge in [-0.2, -0.15) is 0 Å². The fraction of sp³-hybridized carbons (Fsp3) is 0.364. The van der Waals surface area contributed by atoms with Crippen molar-refractivity contribution in [3.63, 3.8) is 0 Å². The summed E-state index contributed by atoms with van der Waals surface area (Å²) in [5.74, 6) is -1.82. The Morgan fingerprint density at radius 1 is 1.03 bits per heavy atom. The number of carbonyl (C=O) groups is 2. The molecule has 2 aromatic rings. The number of para-hydroxylation sites is 1. The van der Waals surface area contributed by atoms with Gasteiger partial charge in [0.1, 0.15) is 0 Å². The number of aliphatic carboxylic acids is 1. The van der Waals surface area contributed by atoms with Crippen LogP contribution in [0.2, 0.25) is 10.0 Å². The number of aryl methyl sites for hydroxylation is 1. The summed E-state index contributed by atoms with van der Waals surface area (Å²) in [4.78, 5) is 23.0. The highest BCUT2D eigenvalue weighted by Gasteiger charge is 2.18. The number of aromatic carboxylic acids is 1. The molecular formula is C22H28Cl2N2O4. The van der Waals surface area contributed by atoms with Crippen LogP contribution in [0.4, 0.5) is 11.4 Å². The minimum absolute atomic E-state index is 0.204. The molecule has 3 N–H and O–H groups in total. The Morgan fingerprint density at radius 3 is 2.17 bits per heavy atom. The van der Waals surface area contributed by atoms with E-state index in [1.807, 2.05) is 19.1 Å². The SMILES string of the molecule is CC(=O)O.CCN(CC)CCc1cccc(C(=O)O)c1Nc1c(Cl)ccc(C)c1Cl. The predicted octanol–water partition coefficient (Wildman–Crippen LogP) is 5.72. The molecule has 30 heavy (non-hydrogen) atoms. The van der Waals surface area contributed by atoms with Crippen molar-refractivity contribution in [1.29, 1.82) is 0 Å². The lowest BCUT2D eigenvalue weighted by Crippen LogP contribution is -2.25. The molecule has 0 aliphatic rings. The number of nitrogens with one attached hydrogen (secondary N) is 1. The van der Waals surface area contributed by atoms with E-state index in [0.29, 0.717) is 21.4 Å². The molecule has 0 bridgehead atoms. The molecule has 0 amide bonds. The van der Waals surface area contributed by atoms with Crippen molar-refractivity contribution in [3.05, 3.63) is 57.1 Å². The molecule has 0 aliphatic heterocycles. The molecule has 0 unspecified atom stereocenters. The fourth-order valence-corrected chi connectivity index (χ4v) is 3.31. The highest BCUT2D eigenvalue weighted by atomic mass is 35.5. The number of anilines is 2. The second kappa shape index (κ2) is 12.4. The van der Waals surface area contributed by atoms with Crippen molar-refractivity contribution in [1.82, 2.24) is 4.90 Å². The number of hydrogen-bond acceptors (Lipinski definition) is 4. The van der Waals surface area contributed by atoms with Gasteiger partial charge in [-0.25, -0.2) is 4.79 Å². The summed E-state index contributed by atoms with van der Waals surface area (Å²) in [6.45, 7) is 9.94. The van der Waals surface area contributed by atoms with Crippen LogP contribution >= 0.6 is 23.2 Å². The topological polar surface area (TPSA) is 89.9 Å². The van der Waals surface area contributed by atoms with Crippen LogP contribution in [-0.2, 0) is 11.2 Å². The summed E-state index contributed by atoms with van der Waals surface area (Å²) in [6, 6.07) is 8.88. The number of carboxylic acid groups (broad SMARTS) is 2. The Bertz CT molecular complexity index is 880. The molecule has 0 saturated heterocycles. The molecule has 6 nitrogen and oxygen atoms in total. The molecule has 0 saturated carbocycles. The number of carboxylic acids is 2. The summed E-state index contributed by atoms with van der Waals surface area (Å²) in [6.07, 6.45) is 0.728.